The Labute approximate surface area is 162 Å². The minimum atomic E-state index is -1.54. The van der Waals surface area contributed by atoms with Crippen molar-refractivity contribution in [3.05, 3.63) is 11.6 Å². The van der Waals surface area contributed by atoms with Gasteiger partial charge in [-0.05, 0) is 25.3 Å². The number of fused-ring (bicyclic) bond motifs is 2. The Bertz CT molecular complexity index is 808. The first-order valence-corrected chi connectivity index (χ1v) is 9.78. The molecule has 8 heteroatoms. The van der Waals surface area contributed by atoms with Crippen LogP contribution in [0.15, 0.2) is 11.6 Å². The lowest BCUT2D eigenvalue weighted by molar-refractivity contribution is -0.307. The van der Waals surface area contributed by atoms with E-state index >= 15 is 0 Å². The highest BCUT2D eigenvalue weighted by Crippen LogP contribution is 2.72. The molecule has 2 bridgehead atoms. The first-order chi connectivity index (χ1) is 13.0. The number of esters is 1. The Morgan fingerprint density at radius 2 is 1.75 bits per heavy atom. The number of aliphatic hydroxyl groups is 4. The van der Waals surface area contributed by atoms with Gasteiger partial charge in [-0.25, -0.2) is 4.79 Å². The third kappa shape index (κ3) is 1.76. The molecule has 5 aliphatic rings. The van der Waals surface area contributed by atoms with Crippen LogP contribution in [0.1, 0.15) is 27.2 Å². The van der Waals surface area contributed by atoms with E-state index in [2.05, 4.69) is 0 Å². The molecule has 28 heavy (non-hydrogen) atoms. The van der Waals surface area contributed by atoms with E-state index in [1.165, 1.54) is 6.08 Å². The molecular formula is C20H26O8. The summed E-state index contributed by atoms with van der Waals surface area (Å²) in [6.45, 7) is 5.17. The summed E-state index contributed by atoms with van der Waals surface area (Å²) >= 11 is 0. The van der Waals surface area contributed by atoms with Crippen molar-refractivity contribution in [2.75, 3.05) is 6.61 Å². The number of hydrogen-bond acceptors (Lipinski definition) is 8. The lowest BCUT2D eigenvalue weighted by Gasteiger charge is -2.68. The number of aliphatic hydroxyl groups excluding tert-OH is 4. The van der Waals surface area contributed by atoms with Gasteiger partial charge in [-0.1, -0.05) is 12.5 Å². The first-order valence-electron chi connectivity index (χ1n) is 9.78. The fourth-order valence-corrected chi connectivity index (χ4v) is 7.80. The molecule has 4 N–H and O–H groups in total. The third-order valence-corrected chi connectivity index (χ3v) is 8.50. The van der Waals surface area contributed by atoms with E-state index in [1.807, 2.05) is 6.92 Å². The second-order valence-corrected chi connectivity index (χ2v) is 9.78. The number of carbonyl (C=O) groups is 2. The highest BCUT2D eigenvalue weighted by molar-refractivity contribution is 5.92. The van der Waals surface area contributed by atoms with Gasteiger partial charge >= 0.3 is 5.97 Å². The Morgan fingerprint density at radius 1 is 1.07 bits per heavy atom. The van der Waals surface area contributed by atoms with Crippen LogP contribution in [0, 0.1) is 28.6 Å². The minimum Gasteiger partial charge on any atom is -0.457 e. The second kappa shape index (κ2) is 5.23. The lowest BCUT2D eigenvalue weighted by atomic mass is 9.38. The maximum absolute atomic E-state index is 12.5. The summed E-state index contributed by atoms with van der Waals surface area (Å²) in [5, 5.41) is 44.3. The maximum atomic E-state index is 12.5. The topological polar surface area (TPSA) is 134 Å². The zero-order valence-electron chi connectivity index (χ0n) is 16.0. The maximum Gasteiger partial charge on any atom is 0.335 e. The molecule has 1 spiro atoms. The molecule has 2 heterocycles. The molecule has 3 aliphatic carbocycles. The SMILES string of the molecule is CC1=CC(=O)C[C@@]2(C)[C@@H]1[C@@H](O)[C@H]1OC(=O)[C@H](O)[C@H]3[C@@]4(C)OC[C@]13[C@H]2[C@@H](O)[C@H]4O. The van der Waals surface area contributed by atoms with Crippen LogP contribution in [0.25, 0.3) is 0 Å². The number of allylic oxidation sites excluding steroid dienone is 1. The first kappa shape index (κ1) is 18.7. The lowest BCUT2D eigenvalue weighted by Crippen LogP contribution is -2.79. The fourth-order valence-electron chi connectivity index (χ4n) is 7.80. The molecule has 4 fully saturated rings. The van der Waals surface area contributed by atoms with Crippen molar-refractivity contribution in [1.82, 2.24) is 0 Å². The van der Waals surface area contributed by atoms with Crippen LogP contribution >= 0.6 is 0 Å². The van der Waals surface area contributed by atoms with Crippen molar-refractivity contribution >= 4 is 11.8 Å². The number of ketones is 1. The summed E-state index contributed by atoms with van der Waals surface area (Å²) in [5.74, 6) is -3.06. The van der Waals surface area contributed by atoms with Crippen molar-refractivity contribution in [3.63, 3.8) is 0 Å². The monoisotopic (exact) mass is 394 g/mol. The van der Waals surface area contributed by atoms with Gasteiger partial charge < -0.3 is 29.9 Å². The Hall–Kier alpha value is -1.32. The number of carbonyl (C=O) groups excluding carboxylic acids is 2. The molecule has 0 aromatic heterocycles. The minimum absolute atomic E-state index is 0.0122. The van der Waals surface area contributed by atoms with Gasteiger partial charge in [-0.2, -0.15) is 0 Å². The van der Waals surface area contributed by atoms with Crippen LogP contribution in [0.5, 0.6) is 0 Å². The molecule has 5 rings (SSSR count). The Kier molecular flexibility index (Phi) is 3.49. The van der Waals surface area contributed by atoms with Crippen molar-refractivity contribution in [1.29, 1.82) is 0 Å². The second-order valence-electron chi connectivity index (χ2n) is 9.78. The van der Waals surface area contributed by atoms with Gasteiger partial charge in [0.2, 0.25) is 0 Å². The fraction of sp³-hybridized carbons (Fsp3) is 0.800. The van der Waals surface area contributed by atoms with Gasteiger partial charge in [0.1, 0.15) is 17.8 Å². The molecule has 2 saturated carbocycles. The zero-order chi connectivity index (χ0) is 20.4. The van der Waals surface area contributed by atoms with Gasteiger partial charge in [0.15, 0.2) is 11.9 Å². The van der Waals surface area contributed by atoms with Crippen LogP contribution in [0.4, 0.5) is 0 Å². The summed E-state index contributed by atoms with van der Waals surface area (Å²) in [7, 11) is 0. The van der Waals surface area contributed by atoms with E-state index in [0.717, 1.165) is 0 Å². The highest BCUT2D eigenvalue weighted by atomic mass is 16.6. The quantitative estimate of drug-likeness (QED) is 0.382. The van der Waals surface area contributed by atoms with Crippen LogP contribution < -0.4 is 0 Å². The van der Waals surface area contributed by atoms with Gasteiger partial charge in [0.25, 0.3) is 0 Å². The predicted molar refractivity (Wildman–Crippen MR) is 92.7 cm³/mol. The Morgan fingerprint density at radius 3 is 2.43 bits per heavy atom. The van der Waals surface area contributed by atoms with Gasteiger partial charge in [0, 0.05) is 29.6 Å². The van der Waals surface area contributed by atoms with E-state index < -0.39 is 70.7 Å². The van der Waals surface area contributed by atoms with E-state index in [4.69, 9.17) is 9.47 Å². The molecular weight excluding hydrogens is 368 g/mol. The number of hydrogen-bond donors (Lipinski definition) is 4. The van der Waals surface area contributed by atoms with E-state index in [-0.39, 0.29) is 18.8 Å². The van der Waals surface area contributed by atoms with Gasteiger partial charge in [-0.3, -0.25) is 4.79 Å². The molecule has 154 valence electrons. The summed E-state index contributed by atoms with van der Waals surface area (Å²) in [6, 6.07) is 0. The zero-order valence-corrected chi connectivity index (χ0v) is 16.0. The van der Waals surface area contributed by atoms with Crippen LogP contribution in [-0.4, -0.2) is 74.9 Å². The van der Waals surface area contributed by atoms with Crippen LogP contribution in [-0.2, 0) is 19.1 Å². The summed E-state index contributed by atoms with van der Waals surface area (Å²) in [6.07, 6.45) is -4.69. The molecule has 8 nitrogen and oxygen atoms in total. The van der Waals surface area contributed by atoms with Crippen LogP contribution in [0.3, 0.4) is 0 Å². The molecule has 11 atom stereocenters. The molecule has 2 saturated heterocycles. The molecule has 0 radical (unpaired) electrons. The normalized spacial score (nSPS) is 59.9. The Balaban J connectivity index is 1.80. The van der Waals surface area contributed by atoms with Crippen molar-refractivity contribution < 1.29 is 39.5 Å². The number of rotatable bonds is 0. The number of ether oxygens (including phenoxy) is 2. The summed E-state index contributed by atoms with van der Waals surface area (Å²) in [5.41, 5.74) is -2.68. The summed E-state index contributed by atoms with van der Waals surface area (Å²) in [4.78, 5) is 24.9. The van der Waals surface area contributed by atoms with Crippen molar-refractivity contribution in [2.24, 2.45) is 28.6 Å². The van der Waals surface area contributed by atoms with Crippen molar-refractivity contribution in [2.45, 2.75) is 63.3 Å². The largest absolute Gasteiger partial charge is 0.457 e. The highest BCUT2D eigenvalue weighted by Gasteiger charge is 2.82. The van der Waals surface area contributed by atoms with Gasteiger partial charge in [0.05, 0.1) is 18.8 Å². The van der Waals surface area contributed by atoms with E-state index in [9.17, 15) is 30.0 Å². The molecule has 0 amide bonds. The predicted octanol–water partition coefficient (Wildman–Crippen LogP) is -1.07. The third-order valence-electron chi connectivity index (χ3n) is 8.50. The standard InChI is InChI=1S/C20H26O8/c1-7-4-8(21)5-18(2)9(7)10(22)16-20-6-27-19(3,15(25)11(23)13(18)20)14(20)12(24)17(26)28-16/h4,9-16,22-25H,5-6H2,1-3H3/t9-,10+,11+,12+,13-,14-,15+,16+,18-,19+,20+/m0/s1. The molecule has 2 aliphatic heterocycles. The van der Waals surface area contributed by atoms with Gasteiger partial charge in [-0.15, -0.1) is 0 Å². The molecule has 0 aromatic rings. The van der Waals surface area contributed by atoms with E-state index in [1.54, 1.807) is 13.8 Å². The van der Waals surface area contributed by atoms with Crippen molar-refractivity contribution in [3.8, 4) is 0 Å². The van der Waals surface area contributed by atoms with E-state index in [0.29, 0.717) is 5.57 Å². The summed E-state index contributed by atoms with van der Waals surface area (Å²) < 4.78 is 11.5. The molecule has 0 unspecified atom stereocenters. The average molecular weight is 394 g/mol. The molecule has 0 aromatic carbocycles. The van der Waals surface area contributed by atoms with Crippen LogP contribution in [0.2, 0.25) is 0 Å². The smallest absolute Gasteiger partial charge is 0.335 e. The average Bonchev–Trinajstić information content (AvgIpc) is 2.86.